The van der Waals surface area contributed by atoms with Crippen molar-refractivity contribution >= 4 is 0 Å². The Hall–Kier alpha value is -0.0400. The van der Waals surface area contributed by atoms with Crippen LogP contribution in [0.2, 0.25) is 0 Å². The summed E-state index contributed by atoms with van der Waals surface area (Å²) < 4.78 is 0. The van der Waals surface area contributed by atoms with Crippen LogP contribution >= 0.6 is 0 Å². The van der Waals surface area contributed by atoms with E-state index in [1.54, 1.807) is 0 Å². The Morgan fingerprint density at radius 1 is 0.917 bits per heavy atom. The van der Waals surface area contributed by atoms with E-state index in [9.17, 15) is 0 Å². The summed E-state index contributed by atoms with van der Waals surface area (Å²) in [5.41, 5.74) is 5.94. The van der Waals surface area contributed by atoms with Crippen molar-refractivity contribution in [1.29, 1.82) is 0 Å². The van der Waals surface area contributed by atoms with Crippen LogP contribution in [-0.2, 0) is 0 Å². The maximum atomic E-state index is 5.94. The van der Waals surface area contributed by atoms with Crippen LogP contribution in [0.5, 0.6) is 0 Å². The van der Waals surface area contributed by atoms with E-state index in [-0.39, 0.29) is 0 Å². The van der Waals surface area contributed by atoms with Gasteiger partial charge in [0, 0.05) is 6.04 Å². The van der Waals surface area contributed by atoms with Crippen LogP contribution in [0, 0.1) is 5.92 Å². The summed E-state index contributed by atoms with van der Waals surface area (Å²) in [5.74, 6) is 0.910. The largest absolute Gasteiger partial charge is 0.328 e. The lowest BCUT2D eigenvalue weighted by Gasteiger charge is -2.15. The first-order valence-corrected chi connectivity index (χ1v) is 5.50. The first-order chi connectivity index (χ1) is 5.74. The Labute approximate surface area is 77.7 Å². The third-order valence-corrected chi connectivity index (χ3v) is 2.76. The zero-order chi connectivity index (χ0) is 9.40. The molecule has 0 heterocycles. The second kappa shape index (κ2) is 7.60. The van der Waals surface area contributed by atoms with Gasteiger partial charge in [0.25, 0.3) is 0 Å². The maximum Gasteiger partial charge on any atom is 0.00388 e. The Morgan fingerprint density at radius 3 is 1.92 bits per heavy atom. The number of hydrogen-bond donors (Lipinski definition) is 1. The van der Waals surface area contributed by atoms with Crippen molar-refractivity contribution in [2.75, 3.05) is 0 Å². The van der Waals surface area contributed by atoms with Gasteiger partial charge in [-0.25, -0.2) is 0 Å². The highest BCUT2D eigenvalue weighted by Crippen LogP contribution is 2.16. The van der Waals surface area contributed by atoms with E-state index in [1.807, 2.05) is 0 Å². The minimum absolute atomic E-state index is 0.454. The van der Waals surface area contributed by atoms with E-state index in [1.165, 1.54) is 38.5 Å². The lowest BCUT2D eigenvalue weighted by molar-refractivity contribution is 0.407. The van der Waals surface area contributed by atoms with Gasteiger partial charge in [-0.15, -0.1) is 0 Å². The van der Waals surface area contributed by atoms with E-state index in [0.717, 1.165) is 5.92 Å². The molecule has 0 aliphatic rings. The monoisotopic (exact) mass is 171 g/mol. The first-order valence-electron chi connectivity index (χ1n) is 5.50. The molecule has 1 nitrogen and oxygen atoms in total. The topological polar surface area (TPSA) is 26.0 Å². The van der Waals surface area contributed by atoms with Crippen LogP contribution in [0.25, 0.3) is 0 Å². The van der Waals surface area contributed by atoms with Gasteiger partial charge in [-0.3, -0.25) is 0 Å². The number of nitrogens with two attached hydrogens (primary N) is 1. The van der Waals surface area contributed by atoms with E-state index in [4.69, 9.17) is 5.73 Å². The summed E-state index contributed by atoms with van der Waals surface area (Å²) in [7, 11) is 0. The lowest BCUT2D eigenvalue weighted by atomic mass is 9.94. The summed E-state index contributed by atoms with van der Waals surface area (Å²) in [6.07, 6.45) is 7.60. The van der Waals surface area contributed by atoms with Gasteiger partial charge in [-0.05, 0) is 25.2 Å². The third-order valence-electron chi connectivity index (χ3n) is 2.76. The number of hydrogen-bond acceptors (Lipinski definition) is 1. The van der Waals surface area contributed by atoms with Gasteiger partial charge in [-0.2, -0.15) is 0 Å². The fourth-order valence-corrected chi connectivity index (χ4v) is 1.66. The molecule has 0 saturated heterocycles. The van der Waals surface area contributed by atoms with E-state index in [2.05, 4.69) is 20.8 Å². The van der Waals surface area contributed by atoms with Gasteiger partial charge in [-0.1, -0.05) is 40.0 Å². The smallest absolute Gasteiger partial charge is 0.00388 e. The molecule has 74 valence electrons. The average Bonchev–Trinajstić information content (AvgIpc) is 2.07. The average molecular weight is 171 g/mol. The van der Waals surface area contributed by atoms with Crippen molar-refractivity contribution in [3.05, 3.63) is 0 Å². The standard InChI is InChI=1S/C11H25N/c1-4-7-11(12)9-8-10(5-2)6-3/h10-11H,4-9,12H2,1-3H3. The predicted octanol–water partition coefficient (Wildman–Crippen LogP) is 3.33. The molecule has 1 unspecified atom stereocenters. The number of rotatable bonds is 7. The molecule has 2 N–H and O–H groups in total. The fourth-order valence-electron chi connectivity index (χ4n) is 1.66. The van der Waals surface area contributed by atoms with Crippen molar-refractivity contribution in [3.8, 4) is 0 Å². The SMILES string of the molecule is CCCC(N)CCC(CC)CC. The van der Waals surface area contributed by atoms with Crippen molar-refractivity contribution < 1.29 is 0 Å². The highest BCUT2D eigenvalue weighted by molar-refractivity contribution is 4.63. The quantitative estimate of drug-likeness (QED) is 0.624. The molecule has 0 spiro atoms. The second-order valence-corrected chi connectivity index (χ2v) is 3.81. The van der Waals surface area contributed by atoms with Crippen LogP contribution in [0.4, 0.5) is 0 Å². The molecule has 0 aromatic heterocycles. The predicted molar refractivity (Wildman–Crippen MR) is 56.2 cm³/mol. The van der Waals surface area contributed by atoms with Crippen LogP contribution in [-0.4, -0.2) is 6.04 Å². The molecule has 0 aromatic carbocycles. The molecular weight excluding hydrogens is 146 g/mol. The van der Waals surface area contributed by atoms with Crippen molar-refractivity contribution in [2.45, 2.75) is 65.3 Å². The molecule has 0 saturated carbocycles. The molecule has 0 aliphatic carbocycles. The molecule has 0 aliphatic heterocycles. The van der Waals surface area contributed by atoms with E-state index >= 15 is 0 Å². The molecule has 0 amide bonds. The van der Waals surface area contributed by atoms with Crippen molar-refractivity contribution in [1.82, 2.24) is 0 Å². The van der Waals surface area contributed by atoms with Gasteiger partial charge in [0.15, 0.2) is 0 Å². The van der Waals surface area contributed by atoms with Crippen LogP contribution in [0.15, 0.2) is 0 Å². The molecule has 0 aromatic rings. The molecule has 1 atom stereocenters. The van der Waals surface area contributed by atoms with E-state index < -0.39 is 0 Å². The van der Waals surface area contributed by atoms with Crippen LogP contribution in [0.3, 0.4) is 0 Å². The fraction of sp³-hybridized carbons (Fsp3) is 1.00. The first kappa shape index (κ1) is 12.0. The van der Waals surface area contributed by atoms with E-state index in [0.29, 0.717) is 6.04 Å². The van der Waals surface area contributed by atoms with Gasteiger partial charge in [0.2, 0.25) is 0 Å². The van der Waals surface area contributed by atoms with Crippen molar-refractivity contribution in [2.24, 2.45) is 11.7 Å². The van der Waals surface area contributed by atoms with Gasteiger partial charge < -0.3 is 5.73 Å². The van der Waals surface area contributed by atoms with Gasteiger partial charge in [0.05, 0.1) is 0 Å². The summed E-state index contributed by atoms with van der Waals surface area (Å²) in [6.45, 7) is 6.76. The Bertz CT molecular complexity index is 87.0. The molecule has 1 heteroatoms. The third kappa shape index (κ3) is 5.59. The molecular formula is C11H25N. The highest BCUT2D eigenvalue weighted by Gasteiger charge is 2.06. The summed E-state index contributed by atoms with van der Waals surface area (Å²) in [6, 6.07) is 0.454. The zero-order valence-corrected chi connectivity index (χ0v) is 8.97. The summed E-state index contributed by atoms with van der Waals surface area (Å²) in [4.78, 5) is 0. The van der Waals surface area contributed by atoms with Gasteiger partial charge >= 0.3 is 0 Å². The van der Waals surface area contributed by atoms with Crippen LogP contribution in [0.1, 0.15) is 59.3 Å². The minimum Gasteiger partial charge on any atom is -0.328 e. The molecule has 12 heavy (non-hydrogen) atoms. The highest BCUT2D eigenvalue weighted by atomic mass is 14.6. The molecule has 0 fully saturated rings. The Kier molecular flexibility index (Phi) is 7.58. The minimum atomic E-state index is 0.454. The Morgan fingerprint density at radius 2 is 1.50 bits per heavy atom. The maximum absolute atomic E-state index is 5.94. The normalized spacial score (nSPS) is 13.8. The lowest BCUT2D eigenvalue weighted by Crippen LogP contribution is -2.20. The molecule has 0 radical (unpaired) electrons. The van der Waals surface area contributed by atoms with Crippen LogP contribution < -0.4 is 5.73 Å². The van der Waals surface area contributed by atoms with Gasteiger partial charge in [0.1, 0.15) is 0 Å². The Balaban J connectivity index is 3.37. The summed E-state index contributed by atoms with van der Waals surface area (Å²) >= 11 is 0. The second-order valence-electron chi connectivity index (χ2n) is 3.81. The summed E-state index contributed by atoms with van der Waals surface area (Å²) in [5, 5.41) is 0. The molecule has 0 bridgehead atoms. The zero-order valence-electron chi connectivity index (χ0n) is 8.97. The van der Waals surface area contributed by atoms with Crippen molar-refractivity contribution in [3.63, 3.8) is 0 Å². The molecule has 0 rings (SSSR count).